The van der Waals surface area contributed by atoms with E-state index in [0.29, 0.717) is 17.8 Å². The fourth-order valence-electron chi connectivity index (χ4n) is 5.93. The zero-order valence-electron chi connectivity index (χ0n) is 31.6. The average molecular weight is 801 g/mol. The number of hydrogen-bond donors (Lipinski definition) is 9. The number of unbranched alkanes of at least 4 members (excludes halogenated alkanes) is 5. The average Bonchev–Trinajstić information content (AvgIpc) is 3.61. The van der Waals surface area contributed by atoms with Crippen molar-refractivity contribution in [1.82, 2.24) is 30.8 Å². The minimum absolute atomic E-state index is 0.0222. The molecule has 10 N–H and O–H groups in total. The maximum Gasteiger partial charge on any atom is 0.567 e. The summed E-state index contributed by atoms with van der Waals surface area (Å²) in [5, 5.41) is 20.0. The van der Waals surface area contributed by atoms with Crippen LogP contribution < -0.4 is 27.0 Å². The summed E-state index contributed by atoms with van der Waals surface area (Å²) in [4.78, 5) is 96.2. The smallest absolute Gasteiger partial charge is 0.394 e. The molecule has 0 aliphatic carbocycles. The lowest BCUT2D eigenvalue weighted by Crippen LogP contribution is -2.59. The summed E-state index contributed by atoms with van der Waals surface area (Å²) >= 11 is 0. The fourth-order valence-corrected chi connectivity index (χ4v) is 6.50. The topological polar surface area (TPSA) is 267 Å². The highest BCUT2D eigenvalue weighted by Crippen LogP contribution is 2.47. The van der Waals surface area contributed by atoms with Crippen molar-refractivity contribution in [2.45, 2.75) is 102 Å². The number of amides is 5. The van der Waals surface area contributed by atoms with Crippen LogP contribution in [-0.2, 0) is 43.1 Å². The number of nitrogens with zero attached hydrogens (tertiary/aromatic N) is 2. The van der Waals surface area contributed by atoms with E-state index in [4.69, 9.17) is 5.73 Å². The largest absolute Gasteiger partial charge is 0.567 e. The Balaban J connectivity index is 1.61. The number of primary amides is 1. The number of aromatic nitrogens is 2. The van der Waals surface area contributed by atoms with Crippen LogP contribution in [0.15, 0.2) is 73.2 Å². The molecule has 306 valence electrons. The van der Waals surface area contributed by atoms with Gasteiger partial charge in [0, 0.05) is 43.4 Å². The van der Waals surface area contributed by atoms with Gasteiger partial charge in [0.15, 0.2) is 0 Å². The standard InChI is InChI=1S/C38H54N7O10P/c1-27(55-56(52,53)54)34(35(39)48)44-38(51)32(25-46)43-37(50)31(42-33(47)20-14-21-41-36(49)29-18-11-7-12-19-29)23-30-24-40-26-45(30)22-13-5-3-2-4-8-15-28-16-9-6-10-17-28/h6-7,9-12,16-19,24,26-27,31-32,34,46,52-54H,2-5,8,13-15,20-23,25H2,1H3,(H5-,39,41,42,43,44,47,48,49,50,51)/p+1/t27-,31-,32-,34-/m0/s1. The Morgan fingerprint density at radius 2 is 1.45 bits per heavy atom. The van der Waals surface area contributed by atoms with E-state index in [1.807, 2.05) is 22.8 Å². The van der Waals surface area contributed by atoms with Crippen molar-refractivity contribution in [2.24, 2.45) is 5.73 Å². The first-order chi connectivity index (χ1) is 26.8. The van der Waals surface area contributed by atoms with Gasteiger partial charge in [-0.25, -0.2) is 4.98 Å². The van der Waals surface area contributed by atoms with Crippen molar-refractivity contribution in [3.63, 3.8) is 0 Å². The number of aliphatic hydroxyl groups excluding tert-OH is 1. The summed E-state index contributed by atoms with van der Waals surface area (Å²) in [6.07, 6.45) is 9.27. The van der Waals surface area contributed by atoms with Crippen molar-refractivity contribution in [3.8, 4) is 0 Å². The van der Waals surface area contributed by atoms with Crippen molar-refractivity contribution >= 4 is 37.7 Å². The molecule has 0 saturated heterocycles. The van der Waals surface area contributed by atoms with Gasteiger partial charge < -0.3 is 36.7 Å². The summed E-state index contributed by atoms with van der Waals surface area (Å²) in [7, 11) is -4.82. The van der Waals surface area contributed by atoms with Crippen LogP contribution in [0.2, 0.25) is 0 Å². The van der Waals surface area contributed by atoms with Gasteiger partial charge in [-0.1, -0.05) is 74.2 Å². The second kappa shape index (κ2) is 24.0. The van der Waals surface area contributed by atoms with Crippen LogP contribution in [0.4, 0.5) is 0 Å². The minimum Gasteiger partial charge on any atom is -0.394 e. The molecular weight excluding hydrogens is 745 g/mol. The van der Waals surface area contributed by atoms with Gasteiger partial charge in [-0.3, -0.25) is 24.0 Å². The Morgan fingerprint density at radius 3 is 2.09 bits per heavy atom. The number of hydrogen-bond acceptors (Lipinski definition) is 11. The van der Waals surface area contributed by atoms with Gasteiger partial charge in [-0.05, 0) is 50.3 Å². The number of aryl methyl sites for hydroxylation is 2. The van der Waals surface area contributed by atoms with Crippen LogP contribution in [0.5, 0.6) is 0 Å². The predicted molar refractivity (Wildman–Crippen MR) is 208 cm³/mol. The van der Waals surface area contributed by atoms with E-state index in [9.17, 15) is 43.8 Å². The molecule has 1 heterocycles. The molecule has 0 spiro atoms. The molecule has 3 rings (SSSR count). The lowest BCUT2D eigenvalue weighted by molar-refractivity contribution is -0.135. The molecule has 0 unspecified atom stereocenters. The van der Waals surface area contributed by atoms with Gasteiger partial charge in [0.25, 0.3) is 5.91 Å². The number of rotatable bonds is 26. The molecule has 18 heteroatoms. The summed E-state index contributed by atoms with van der Waals surface area (Å²) in [5.74, 6) is -3.88. The molecule has 0 aliphatic rings. The molecule has 3 aromatic rings. The lowest BCUT2D eigenvalue weighted by Gasteiger charge is -2.25. The number of benzene rings is 2. The third-order valence-corrected chi connectivity index (χ3v) is 9.54. The van der Waals surface area contributed by atoms with Gasteiger partial charge >= 0.3 is 8.17 Å². The molecule has 5 amide bonds. The first-order valence-electron chi connectivity index (χ1n) is 18.7. The normalized spacial score (nSPS) is 13.5. The van der Waals surface area contributed by atoms with Gasteiger partial charge in [-0.15, -0.1) is 4.52 Å². The molecule has 2 aromatic carbocycles. The minimum atomic E-state index is -4.82. The SMILES string of the molecule is C[C@H](O[P+](O)(O)O)[C@H](NC(=O)[C@H](CO)NC(=O)[C@H](Cc1cncn1CCCCCCCCc1ccccc1)NC(=O)CCCNC(=O)c1ccccc1)C(N)=O. The molecule has 4 atom stereocenters. The molecule has 17 nitrogen and oxygen atoms in total. The summed E-state index contributed by atoms with van der Waals surface area (Å²) in [6, 6.07) is 14.4. The number of aliphatic hydroxyl groups is 1. The van der Waals surface area contributed by atoms with Gasteiger partial charge in [0.1, 0.15) is 24.2 Å². The number of carbonyl (C=O) groups is 5. The summed E-state index contributed by atoms with van der Waals surface area (Å²) in [6.45, 7) is 1.02. The molecule has 56 heavy (non-hydrogen) atoms. The van der Waals surface area contributed by atoms with E-state index in [2.05, 4.69) is 42.9 Å². The third-order valence-electron chi connectivity index (χ3n) is 8.92. The number of imidazole rings is 1. The van der Waals surface area contributed by atoms with E-state index >= 15 is 0 Å². The van der Waals surface area contributed by atoms with Crippen LogP contribution in [0.25, 0.3) is 0 Å². The maximum absolute atomic E-state index is 13.7. The molecule has 0 fully saturated rings. The Hall–Kier alpha value is -4.77. The van der Waals surface area contributed by atoms with E-state index in [-0.39, 0.29) is 31.7 Å². The molecule has 0 saturated carbocycles. The van der Waals surface area contributed by atoms with Gasteiger partial charge in [-0.2, -0.15) is 14.7 Å². The Labute approximate surface area is 327 Å². The molecule has 0 radical (unpaired) electrons. The highest BCUT2D eigenvalue weighted by molar-refractivity contribution is 7.53. The quantitative estimate of drug-likeness (QED) is 0.0412. The van der Waals surface area contributed by atoms with Gasteiger partial charge in [0.2, 0.25) is 23.6 Å². The fraction of sp³-hybridized carbons (Fsp3) is 0.474. The molecular formula is C38H55N7O10P+. The van der Waals surface area contributed by atoms with E-state index < -0.39 is 62.6 Å². The van der Waals surface area contributed by atoms with E-state index in [1.54, 1.807) is 42.9 Å². The van der Waals surface area contributed by atoms with Crippen LogP contribution in [0, 0.1) is 0 Å². The van der Waals surface area contributed by atoms with E-state index in [0.717, 1.165) is 51.9 Å². The first-order valence-corrected chi connectivity index (χ1v) is 20.3. The zero-order chi connectivity index (χ0) is 40.9. The van der Waals surface area contributed by atoms with Crippen LogP contribution in [-0.4, -0.2) is 96.3 Å². The predicted octanol–water partition coefficient (Wildman–Crippen LogP) is 1.21. The van der Waals surface area contributed by atoms with Gasteiger partial charge in [0.05, 0.1) is 12.9 Å². The summed E-state index contributed by atoms with van der Waals surface area (Å²) in [5.41, 5.74) is 7.78. The number of nitrogens with one attached hydrogen (secondary N) is 4. The number of nitrogens with two attached hydrogens (primary N) is 1. The van der Waals surface area contributed by atoms with Crippen molar-refractivity contribution in [3.05, 3.63) is 90.0 Å². The monoisotopic (exact) mass is 800 g/mol. The second-order valence-corrected chi connectivity index (χ2v) is 14.7. The zero-order valence-corrected chi connectivity index (χ0v) is 32.5. The second-order valence-electron chi connectivity index (χ2n) is 13.4. The Bertz CT molecular complexity index is 1670. The van der Waals surface area contributed by atoms with Crippen molar-refractivity contribution < 1.29 is 48.3 Å². The lowest BCUT2D eigenvalue weighted by atomic mass is 10.0. The van der Waals surface area contributed by atoms with Crippen LogP contribution >= 0.6 is 8.17 Å². The van der Waals surface area contributed by atoms with Crippen molar-refractivity contribution in [2.75, 3.05) is 13.2 Å². The third kappa shape index (κ3) is 16.9. The number of carbonyl (C=O) groups excluding carboxylic acids is 5. The highest BCUT2D eigenvalue weighted by Gasteiger charge is 2.41. The summed E-state index contributed by atoms with van der Waals surface area (Å²) < 4.78 is 6.48. The Morgan fingerprint density at radius 1 is 0.821 bits per heavy atom. The van der Waals surface area contributed by atoms with E-state index in [1.165, 1.54) is 5.56 Å². The molecule has 0 bridgehead atoms. The Kier molecular flexibility index (Phi) is 19.5. The maximum atomic E-state index is 13.7. The molecule has 1 aromatic heterocycles. The first kappa shape index (κ1) is 45.6. The van der Waals surface area contributed by atoms with Crippen LogP contribution in [0.1, 0.15) is 79.9 Å². The van der Waals surface area contributed by atoms with Crippen molar-refractivity contribution in [1.29, 1.82) is 0 Å². The van der Waals surface area contributed by atoms with Crippen LogP contribution in [0.3, 0.4) is 0 Å². The molecule has 0 aliphatic heterocycles. The highest BCUT2D eigenvalue weighted by atomic mass is 31.2.